The Labute approximate surface area is 173 Å². The van der Waals surface area contributed by atoms with Crippen LogP contribution in [-0.2, 0) is 10.1 Å². The van der Waals surface area contributed by atoms with Crippen LogP contribution < -0.4 is 16.0 Å². The highest BCUT2D eigenvalue weighted by atomic mass is 32.2. The molecule has 3 aromatic rings. The largest absolute Gasteiger partial charge is 0.327 e. The third kappa shape index (κ3) is 5.43. The van der Waals surface area contributed by atoms with E-state index < -0.39 is 22.2 Å². The summed E-state index contributed by atoms with van der Waals surface area (Å²) in [6, 6.07) is 18.2. The van der Waals surface area contributed by atoms with Crippen molar-refractivity contribution in [1.29, 1.82) is 0 Å². The first-order chi connectivity index (χ1) is 14.2. The van der Waals surface area contributed by atoms with E-state index >= 15 is 0 Å². The van der Waals surface area contributed by atoms with Crippen LogP contribution in [0.4, 0.5) is 21.0 Å². The molecule has 8 nitrogen and oxygen atoms in total. The summed E-state index contributed by atoms with van der Waals surface area (Å²) >= 11 is 0. The number of carbonyl (C=O) groups is 2. The zero-order valence-electron chi connectivity index (χ0n) is 15.9. The molecule has 3 rings (SSSR count). The predicted molar refractivity (Wildman–Crippen MR) is 114 cm³/mol. The van der Waals surface area contributed by atoms with Crippen molar-refractivity contribution < 1.29 is 22.6 Å². The highest BCUT2D eigenvalue weighted by molar-refractivity contribution is 7.85. The number of anilines is 2. The minimum Gasteiger partial charge on any atom is -0.308 e. The lowest BCUT2D eigenvalue weighted by Crippen LogP contribution is -2.37. The number of hydrogen-bond donors (Lipinski definition) is 4. The Kier molecular flexibility index (Phi) is 6.14. The van der Waals surface area contributed by atoms with Crippen LogP contribution in [0.25, 0.3) is 11.1 Å². The van der Waals surface area contributed by atoms with E-state index in [0.29, 0.717) is 22.5 Å². The average Bonchev–Trinajstić information content (AvgIpc) is 2.68. The van der Waals surface area contributed by atoms with Gasteiger partial charge in [-0.25, -0.2) is 9.59 Å². The first-order valence-corrected chi connectivity index (χ1v) is 10.3. The molecule has 4 N–H and O–H groups in total. The molecule has 0 aromatic heterocycles. The van der Waals surface area contributed by atoms with E-state index in [-0.39, 0.29) is 4.90 Å². The van der Waals surface area contributed by atoms with Gasteiger partial charge in [-0.1, -0.05) is 36.4 Å². The first-order valence-electron chi connectivity index (χ1n) is 8.85. The van der Waals surface area contributed by atoms with Gasteiger partial charge >= 0.3 is 12.1 Å². The SMILES string of the molecule is Cc1ccc(S(=O)(=O)O)cc1-c1ccc(NC(=O)NC(=O)Nc2ccccc2)cc1. The molecular formula is C21H19N3O5S. The van der Waals surface area contributed by atoms with Gasteiger partial charge in [-0.3, -0.25) is 9.87 Å². The van der Waals surface area contributed by atoms with E-state index in [0.717, 1.165) is 5.56 Å². The first kappa shape index (κ1) is 21.0. The molecule has 0 atom stereocenters. The standard InChI is InChI=1S/C21H19N3O5S/c1-14-7-12-18(30(27,28)29)13-19(14)15-8-10-17(11-9-15)23-21(26)24-20(25)22-16-5-3-2-4-6-16/h2-13H,1H3,(H,27,28,29)(H3,22,23,24,25,26). The van der Waals surface area contributed by atoms with Gasteiger partial charge in [0.25, 0.3) is 10.1 Å². The molecular weight excluding hydrogens is 406 g/mol. The Hall–Kier alpha value is -3.69. The Morgan fingerprint density at radius 2 is 1.37 bits per heavy atom. The van der Waals surface area contributed by atoms with Gasteiger partial charge in [-0.2, -0.15) is 8.42 Å². The van der Waals surface area contributed by atoms with E-state index in [9.17, 15) is 22.6 Å². The molecule has 0 fully saturated rings. The van der Waals surface area contributed by atoms with E-state index in [1.165, 1.54) is 12.1 Å². The molecule has 0 bridgehead atoms. The minimum atomic E-state index is -4.31. The third-order valence-corrected chi connectivity index (χ3v) is 5.07. The molecule has 0 heterocycles. The van der Waals surface area contributed by atoms with Gasteiger partial charge in [-0.05, 0) is 60.0 Å². The van der Waals surface area contributed by atoms with E-state index in [2.05, 4.69) is 16.0 Å². The van der Waals surface area contributed by atoms with Crippen molar-refractivity contribution in [1.82, 2.24) is 5.32 Å². The molecule has 0 aliphatic rings. The number of urea groups is 2. The number of rotatable bonds is 4. The van der Waals surface area contributed by atoms with Gasteiger partial charge in [0.05, 0.1) is 4.90 Å². The second-order valence-corrected chi connectivity index (χ2v) is 7.85. The van der Waals surface area contributed by atoms with Gasteiger partial charge in [-0.15, -0.1) is 0 Å². The molecule has 0 aliphatic carbocycles. The molecule has 3 aromatic carbocycles. The molecule has 9 heteroatoms. The van der Waals surface area contributed by atoms with Crippen molar-refractivity contribution in [3.8, 4) is 11.1 Å². The van der Waals surface area contributed by atoms with Crippen LogP contribution >= 0.6 is 0 Å². The summed E-state index contributed by atoms with van der Waals surface area (Å²) in [5.74, 6) is 0. The van der Waals surface area contributed by atoms with Crippen molar-refractivity contribution in [3.63, 3.8) is 0 Å². The summed E-state index contributed by atoms with van der Waals surface area (Å²) < 4.78 is 32.0. The van der Waals surface area contributed by atoms with Gasteiger partial charge in [0.1, 0.15) is 0 Å². The zero-order chi connectivity index (χ0) is 21.7. The van der Waals surface area contributed by atoms with Crippen LogP contribution in [0.3, 0.4) is 0 Å². The molecule has 0 radical (unpaired) electrons. The Balaban J connectivity index is 1.66. The lowest BCUT2D eigenvalue weighted by molar-refractivity contribution is 0.240. The fourth-order valence-corrected chi connectivity index (χ4v) is 3.26. The Bertz CT molecular complexity index is 1180. The lowest BCUT2D eigenvalue weighted by Gasteiger charge is -2.11. The maximum Gasteiger partial charge on any atom is 0.327 e. The molecule has 0 aliphatic heterocycles. The second-order valence-electron chi connectivity index (χ2n) is 6.43. The summed E-state index contributed by atoms with van der Waals surface area (Å²) in [5.41, 5.74) is 3.13. The van der Waals surface area contributed by atoms with Crippen molar-refractivity contribution >= 4 is 33.6 Å². The number of benzene rings is 3. The topological polar surface area (TPSA) is 125 Å². The number of carbonyl (C=O) groups excluding carboxylic acids is 2. The fourth-order valence-electron chi connectivity index (χ4n) is 2.75. The molecule has 0 spiro atoms. The Morgan fingerprint density at radius 1 is 0.800 bits per heavy atom. The number of amides is 4. The summed E-state index contributed by atoms with van der Waals surface area (Å²) in [4.78, 5) is 23.6. The molecule has 30 heavy (non-hydrogen) atoms. The summed E-state index contributed by atoms with van der Waals surface area (Å²) in [6.45, 7) is 1.81. The molecule has 0 saturated heterocycles. The highest BCUT2D eigenvalue weighted by Crippen LogP contribution is 2.27. The fraction of sp³-hybridized carbons (Fsp3) is 0.0476. The van der Waals surface area contributed by atoms with Gasteiger partial charge in [0.15, 0.2) is 0 Å². The number of imide groups is 1. The van der Waals surface area contributed by atoms with Gasteiger partial charge in [0.2, 0.25) is 0 Å². The normalized spacial score (nSPS) is 10.9. The van der Waals surface area contributed by atoms with E-state index in [4.69, 9.17) is 0 Å². The third-order valence-electron chi connectivity index (χ3n) is 4.22. The maximum absolute atomic E-state index is 12.0. The molecule has 154 valence electrons. The number of para-hydroxylation sites is 1. The van der Waals surface area contributed by atoms with Crippen molar-refractivity contribution in [2.75, 3.05) is 10.6 Å². The lowest BCUT2D eigenvalue weighted by atomic mass is 10.0. The summed E-state index contributed by atoms with van der Waals surface area (Å²) in [5, 5.41) is 7.24. The Morgan fingerprint density at radius 3 is 1.93 bits per heavy atom. The van der Waals surface area contributed by atoms with Crippen molar-refractivity contribution in [2.24, 2.45) is 0 Å². The van der Waals surface area contributed by atoms with Gasteiger partial charge < -0.3 is 10.6 Å². The van der Waals surface area contributed by atoms with E-state index in [1.807, 2.05) is 6.92 Å². The predicted octanol–water partition coefficient (Wildman–Crippen LogP) is 4.26. The minimum absolute atomic E-state index is 0.200. The molecule has 4 amide bonds. The molecule has 0 unspecified atom stereocenters. The smallest absolute Gasteiger partial charge is 0.308 e. The summed E-state index contributed by atoms with van der Waals surface area (Å²) in [6.07, 6.45) is 0. The van der Waals surface area contributed by atoms with Crippen molar-refractivity contribution in [2.45, 2.75) is 11.8 Å². The van der Waals surface area contributed by atoms with E-state index in [1.54, 1.807) is 60.7 Å². The van der Waals surface area contributed by atoms with Crippen LogP contribution in [0.5, 0.6) is 0 Å². The van der Waals surface area contributed by atoms with Crippen LogP contribution in [0.1, 0.15) is 5.56 Å². The van der Waals surface area contributed by atoms with Crippen LogP contribution in [-0.4, -0.2) is 25.0 Å². The van der Waals surface area contributed by atoms with Crippen LogP contribution in [0.2, 0.25) is 0 Å². The average molecular weight is 425 g/mol. The highest BCUT2D eigenvalue weighted by Gasteiger charge is 2.13. The maximum atomic E-state index is 12.0. The van der Waals surface area contributed by atoms with Gasteiger partial charge in [0, 0.05) is 11.4 Å². The summed E-state index contributed by atoms with van der Waals surface area (Å²) in [7, 11) is -4.31. The molecule has 0 saturated carbocycles. The second kappa shape index (κ2) is 8.76. The number of nitrogens with one attached hydrogen (secondary N) is 3. The van der Waals surface area contributed by atoms with Crippen LogP contribution in [0, 0.1) is 6.92 Å². The van der Waals surface area contributed by atoms with Crippen LogP contribution in [0.15, 0.2) is 77.7 Å². The zero-order valence-corrected chi connectivity index (χ0v) is 16.7. The quantitative estimate of drug-likeness (QED) is 0.465. The monoisotopic (exact) mass is 425 g/mol. The number of hydrogen-bond acceptors (Lipinski definition) is 4. The van der Waals surface area contributed by atoms with Crippen molar-refractivity contribution in [3.05, 3.63) is 78.4 Å². The number of aryl methyl sites for hydroxylation is 1.